The van der Waals surface area contributed by atoms with Crippen LogP contribution in [0.3, 0.4) is 0 Å². The summed E-state index contributed by atoms with van der Waals surface area (Å²) in [6, 6.07) is 0. The van der Waals surface area contributed by atoms with Crippen molar-refractivity contribution in [1.82, 2.24) is 15.3 Å². The Morgan fingerprint density at radius 2 is 2.20 bits per heavy atom. The predicted octanol–water partition coefficient (Wildman–Crippen LogP) is 2.39. The fourth-order valence-electron chi connectivity index (χ4n) is 2.36. The minimum absolute atomic E-state index is 0.905. The van der Waals surface area contributed by atoms with Crippen molar-refractivity contribution in [1.29, 1.82) is 0 Å². The van der Waals surface area contributed by atoms with Gasteiger partial charge in [0.25, 0.3) is 0 Å². The second-order valence-electron chi connectivity index (χ2n) is 4.63. The summed E-state index contributed by atoms with van der Waals surface area (Å²) in [5, 5.41) is 3.51. The predicted molar refractivity (Wildman–Crippen MR) is 61.6 cm³/mol. The molecule has 0 aromatic carbocycles. The van der Waals surface area contributed by atoms with Crippen molar-refractivity contribution < 1.29 is 0 Å². The van der Waals surface area contributed by atoms with Crippen LogP contribution in [0.15, 0.2) is 6.20 Å². The molecule has 0 spiro atoms. The largest absolute Gasteiger partial charge is 0.345 e. The Balaban J connectivity index is 1.65. The molecule has 3 nitrogen and oxygen atoms in total. The molecule has 0 unspecified atom stereocenters. The van der Waals surface area contributed by atoms with Gasteiger partial charge in [-0.1, -0.05) is 19.3 Å². The van der Waals surface area contributed by atoms with Crippen LogP contribution in [0.25, 0.3) is 0 Å². The maximum Gasteiger partial charge on any atom is 0.103 e. The number of H-pyrrole nitrogens is 1. The van der Waals surface area contributed by atoms with Gasteiger partial charge in [0.05, 0.1) is 0 Å². The van der Waals surface area contributed by atoms with E-state index >= 15 is 0 Å². The first-order valence-corrected chi connectivity index (χ1v) is 6.06. The Morgan fingerprint density at radius 3 is 2.87 bits per heavy atom. The average molecular weight is 207 g/mol. The van der Waals surface area contributed by atoms with E-state index in [0.717, 1.165) is 24.8 Å². The van der Waals surface area contributed by atoms with E-state index < -0.39 is 0 Å². The molecule has 84 valence electrons. The van der Waals surface area contributed by atoms with Gasteiger partial charge in [-0.15, -0.1) is 0 Å². The second-order valence-corrected chi connectivity index (χ2v) is 4.63. The zero-order valence-electron chi connectivity index (χ0n) is 9.55. The third kappa shape index (κ3) is 3.34. The molecule has 0 aliphatic heterocycles. The molecule has 2 rings (SSSR count). The maximum atomic E-state index is 4.19. The van der Waals surface area contributed by atoms with Crippen LogP contribution in [0.1, 0.15) is 43.6 Å². The van der Waals surface area contributed by atoms with E-state index in [0.29, 0.717) is 0 Å². The fourth-order valence-corrected chi connectivity index (χ4v) is 2.36. The molecular weight excluding hydrogens is 186 g/mol. The molecule has 1 heterocycles. The minimum Gasteiger partial charge on any atom is -0.345 e. The molecule has 0 saturated heterocycles. The Labute approximate surface area is 91.7 Å². The number of hydrogen-bond acceptors (Lipinski definition) is 2. The zero-order chi connectivity index (χ0) is 10.5. The quantitative estimate of drug-likeness (QED) is 0.796. The van der Waals surface area contributed by atoms with Crippen molar-refractivity contribution >= 4 is 0 Å². The normalized spacial score (nSPS) is 18.2. The maximum absolute atomic E-state index is 4.19. The van der Waals surface area contributed by atoms with Gasteiger partial charge in [0.1, 0.15) is 5.82 Å². The van der Waals surface area contributed by atoms with E-state index in [4.69, 9.17) is 0 Å². The summed E-state index contributed by atoms with van der Waals surface area (Å²) < 4.78 is 0. The molecule has 1 aliphatic carbocycles. The molecule has 1 aromatic rings. The van der Waals surface area contributed by atoms with Crippen LogP contribution >= 0.6 is 0 Å². The van der Waals surface area contributed by atoms with Gasteiger partial charge >= 0.3 is 0 Å². The van der Waals surface area contributed by atoms with Crippen LogP contribution in [-0.4, -0.2) is 16.5 Å². The molecule has 1 fully saturated rings. The lowest BCUT2D eigenvalue weighted by molar-refractivity contribution is 0.341. The Morgan fingerprint density at radius 1 is 1.40 bits per heavy atom. The number of nitrogens with zero attached hydrogens (tertiary/aromatic N) is 1. The van der Waals surface area contributed by atoms with Gasteiger partial charge in [0.2, 0.25) is 0 Å². The van der Waals surface area contributed by atoms with Gasteiger partial charge in [-0.2, -0.15) is 0 Å². The molecular formula is C12H21N3. The summed E-state index contributed by atoms with van der Waals surface area (Å²) in [6.07, 6.45) is 9.04. The highest BCUT2D eigenvalue weighted by molar-refractivity contribution is 4.99. The molecule has 1 aliphatic rings. The van der Waals surface area contributed by atoms with E-state index in [1.807, 2.05) is 13.1 Å². The topological polar surface area (TPSA) is 40.7 Å². The van der Waals surface area contributed by atoms with Gasteiger partial charge in [-0.05, 0) is 32.2 Å². The monoisotopic (exact) mass is 207 g/mol. The Kier molecular flexibility index (Phi) is 3.78. The Bertz CT molecular complexity index is 287. The zero-order valence-corrected chi connectivity index (χ0v) is 9.55. The fraction of sp³-hybridized carbons (Fsp3) is 0.750. The number of aromatic nitrogens is 2. The average Bonchev–Trinajstić information content (AvgIpc) is 2.66. The van der Waals surface area contributed by atoms with E-state index in [2.05, 4.69) is 15.3 Å². The highest BCUT2D eigenvalue weighted by atomic mass is 15.0. The second kappa shape index (κ2) is 5.31. The molecule has 0 atom stereocenters. The summed E-state index contributed by atoms with van der Waals surface area (Å²) in [5.74, 6) is 1.91. The van der Waals surface area contributed by atoms with Crippen molar-refractivity contribution in [3.05, 3.63) is 17.7 Å². The third-order valence-corrected chi connectivity index (χ3v) is 3.23. The lowest BCUT2D eigenvalue weighted by atomic mass is 9.89. The summed E-state index contributed by atoms with van der Waals surface area (Å²) in [4.78, 5) is 7.43. The molecule has 15 heavy (non-hydrogen) atoms. The van der Waals surface area contributed by atoms with Crippen LogP contribution in [0, 0.1) is 12.8 Å². The van der Waals surface area contributed by atoms with Gasteiger partial charge in [0.15, 0.2) is 0 Å². The van der Waals surface area contributed by atoms with Gasteiger partial charge < -0.3 is 10.3 Å². The van der Waals surface area contributed by atoms with Crippen molar-refractivity contribution in [3.63, 3.8) is 0 Å². The highest BCUT2D eigenvalue weighted by Gasteiger charge is 2.12. The number of hydrogen-bond donors (Lipinski definition) is 2. The molecule has 0 amide bonds. The van der Waals surface area contributed by atoms with Gasteiger partial charge in [-0.25, -0.2) is 4.98 Å². The molecule has 0 radical (unpaired) electrons. The minimum atomic E-state index is 0.905. The summed E-state index contributed by atoms with van der Waals surface area (Å²) in [6.45, 7) is 4.08. The number of nitrogens with one attached hydrogen (secondary N) is 2. The Hall–Kier alpha value is -0.830. The first kappa shape index (κ1) is 10.7. The highest BCUT2D eigenvalue weighted by Crippen LogP contribution is 2.22. The lowest BCUT2D eigenvalue weighted by Crippen LogP contribution is -2.24. The third-order valence-electron chi connectivity index (χ3n) is 3.23. The number of aromatic amines is 1. The van der Waals surface area contributed by atoms with E-state index in [9.17, 15) is 0 Å². The number of rotatable bonds is 4. The molecule has 3 heteroatoms. The summed E-state index contributed by atoms with van der Waals surface area (Å²) >= 11 is 0. The summed E-state index contributed by atoms with van der Waals surface area (Å²) in [7, 11) is 0. The van der Waals surface area contributed by atoms with Crippen molar-refractivity contribution in [2.75, 3.05) is 6.54 Å². The van der Waals surface area contributed by atoms with Crippen LogP contribution in [0.4, 0.5) is 0 Å². The van der Waals surface area contributed by atoms with Gasteiger partial charge in [0, 0.05) is 18.4 Å². The van der Waals surface area contributed by atoms with E-state index in [1.165, 1.54) is 37.8 Å². The van der Waals surface area contributed by atoms with Gasteiger partial charge in [-0.3, -0.25) is 0 Å². The smallest absolute Gasteiger partial charge is 0.103 e. The standard InChI is InChI=1S/C12H21N3/c1-10-14-9-12(15-10)8-13-7-11-5-3-2-4-6-11/h9,11,13H,2-8H2,1H3,(H,14,15). The lowest BCUT2D eigenvalue weighted by Gasteiger charge is -2.21. The first-order valence-electron chi connectivity index (χ1n) is 6.06. The van der Waals surface area contributed by atoms with E-state index in [1.54, 1.807) is 0 Å². The van der Waals surface area contributed by atoms with Crippen molar-refractivity contribution in [2.24, 2.45) is 5.92 Å². The van der Waals surface area contributed by atoms with Crippen LogP contribution in [0.2, 0.25) is 0 Å². The first-order chi connectivity index (χ1) is 7.34. The number of aryl methyl sites for hydroxylation is 1. The van der Waals surface area contributed by atoms with Crippen LogP contribution in [0.5, 0.6) is 0 Å². The summed E-state index contributed by atoms with van der Waals surface area (Å²) in [5.41, 5.74) is 1.20. The SMILES string of the molecule is Cc1ncc(CNCC2CCCCC2)[nH]1. The molecule has 1 aromatic heterocycles. The number of imidazole rings is 1. The molecule has 2 N–H and O–H groups in total. The molecule has 1 saturated carbocycles. The molecule has 0 bridgehead atoms. The van der Waals surface area contributed by atoms with Crippen LogP contribution in [-0.2, 0) is 6.54 Å². The van der Waals surface area contributed by atoms with Crippen molar-refractivity contribution in [3.8, 4) is 0 Å². The van der Waals surface area contributed by atoms with Crippen LogP contribution < -0.4 is 5.32 Å². The van der Waals surface area contributed by atoms with E-state index in [-0.39, 0.29) is 0 Å². The van der Waals surface area contributed by atoms with Crippen molar-refractivity contribution in [2.45, 2.75) is 45.6 Å².